The van der Waals surface area contributed by atoms with Crippen LogP contribution in [0, 0.1) is 18.2 Å². The summed E-state index contributed by atoms with van der Waals surface area (Å²) >= 11 is 11.0. The molecule has 0 saturated carbocycles. The molecule has 0 aromatic heterocycles. The monoisotopic (exact) mass is 218 g/mol. The Labute approximate surface area is 85.4 Å². The summed E-state index contributed by atoms with van der Waals surface area (Å²) in [4.78, 5) is 0. The summed E-state index contributed by atoms with van der Waals surface area (Å²) in [5, 5.41) is -0.168. The molecular weight excluding hydrogens is 214 g/mol. The van der Waals surface area contributed by atoms with Crippen LogP contribution >= 0.6 is 23.2 Å². The highest BCUT2D eigenvalue weighted by Gasteiger charge is 2.07. The van der Waals surface area contributed by atoms with Crippen molar-refractivity contribution < 1.29 is 9.13 Å². The molecule has 13 heavy (non-hydrogen) atoms. The van der Waals surface area contributed by atoms with Gasteiger partial charge in [-0.2, -0.15) is 0 Å². The van der Waals surface area contributed by atoms with Crippen LogP contribution in [0.15, 0.2) is 12.1 Å². The highest BCUT2D eigenvalue weighted by atomic mass is 35.5. The van der Waals surface area contributed by atoms with Crippen molar-refractivity contribution in [3.8, 4) is 18.1 Å². The highest BCUT2D eigenvalue weighted by Crippen LogP contribution is 2.28. The maximum absolute atomic E-state index is 12.9. The standard InChI is InChI=1S/C9H5Cl2FO/c1-2-3-13-6-4-7(10)9(12)8(11)5-6/h1,4-5H,3H2. The molecule has 0 aliphatic heterocycles. The Balaban J connectivity index is 2.94. The van der Waals surface area contributed by atoms with Gasteiger partial charge in [-0.3, -0.25) is 0 Å². The molecule has 1 aromatic carbocycles. The molecule has 0 radical (unpaired) electrons. The molecule has 0 amide bonds. The van der Waals surface area contributed by atoms with Gasteiger partial charge in [-0.15, -0.1) is 6.42 Å². The van der Waals surface area contributed by atoms with Gasteiger partial charge >= 0.3 is 0 Å². The van der Waals surface area contributed by atoms with Crippen LogP contribution in [0.1, 0.15) is 0 Å². The number of hydrogen-bond acceptors (Lipinski definition) is 1. The van der Waals surface area contributed by atoms with Crippen LogP contribution in [-0.2, 0) is 0 Å². The van der Waals surface area contributed by atoms with Crippen molar-refractivity contribution in [1.29, 1.82) is 0 Å². The minimum Gasteiger partial charge on any atom is -0.481 e. The lowest BCUT2D eigenvalue weighted by atomic mass is 10.3. The van der Waals surface area contributed by atoms with Crippen LogP contribution in [0.25, 0.3) is 0 Å². The third-order valence-corrected chi connectivity index (χ3v) is 1.83. The summed E-state index contributed by atoms with van der Waals surface area (Å²) in [6.45, 7) is 0.0955. The van der Waals surface area contributed by atoms with Crippen molar-refractivity contribution in [3.05, 3.63) is 28.0 Å². The van der Waals surface area contributed by atoms with Gasteiger partial charge in [-0.25, -0.2) is 4.39 Å². The molecular formula is C9H5Cl2FO. The first-order chi connectivity index (χ1) is 6.15. The van der Waals surface area contributed by atoms with Crippen LogP contribution in [-0.4, -0.2) is 6.61 Å². The average molecular weight is 219 g/mol. The number of rotatable bonds is 2. The molecule has 0 heterocycles. The second-order valence-electron chi connectivity index (χ2n) is 2.19. The molecule has 0 aliphatic rings. The normalized spacial score (nSPS) is 9.38. The fourth-order valence-corrected chi connectivity index (χ4v) is 1.21. The minimum absolute atomic E-state index is 0.0838. The molecule has 0 N–H and O–H groups in total. The van der Waals surface area contributed by atoms with Crippen LogP contribution in [0.3, 0.4) is 0 Å². The van der Waals surface area contributed by atoms with E-state index in [4.69, 9.17) is 34.4 Å². The molecule has 0 fully saturated rings. The van der Waals surface area contributed by atoms with Gasteiger partial charge in [0.1, 0.15) is 12.4 Å². The van der Waals surface area contributed by atoms with Crippen LogP contribution in [0.2, 0.25) is 10.0 Å². The number of benzene rings is 1. The van der Waals surface area contributed by atoms with E-state index in [1.807, 2.05) is 0 Å². The van der Waals surface area contributed by atoms with E-state index >= 15 is 0 Å². The maximum atomic E-state index is 12.9. The van der Waals surface area contributed by atoms with E-state index in [1.54, 1.807) is 0 Å². The number of hydrogen-bond donors (Lipinski definition) is 0. The largest absolute Gasteiger partial charge is 0.481 e. The van der Waals surface area contributed by atoms with Crippen molar-refractivity contribution >= 4 is 23.2 Å². The van der Waals surface area contributed by atoms with Gasteiger partial charge in [0.15, 0.2) is 5.82 Å². The molecule has 0 atom stereocenters. The Morgan fingerprint density at radius 1 is 1.38 bits per heavy atom. The summed E-state index contributed by atoms with van der Waals surface area (Å²) in [6, 6.07) is 2.64. The van der Waals surface area contributed by atoms with Gasteiger partial charge < -0.3 is 4.74 Å². The number of terminal acetylenes is 1. The van der Waals surface area contributed by atoms with E-state index in [0.29, 0.717) is 5.75 Å². The maximum Gasteiger partial charge on any atom is 0.160 e. The van der Waals surface area contributed by atoms with E-state index in [9.17, 15) is 4.39 Å². The summed E-state index contributed by atoms with van der Waals surface area (Å²) < 4.78 is 17.9. The first-order valence-corrected chi connectivity index (χ1v) is 4.11. The second kappa shape index (κ2) is 4.36. The fourth-order valence-electron chi connectivity index (χ4n) is 0.741. The van der Waals surface area contributed by atoms with Crippen LogP contribution in [0.5, 0.6) is 5.75 Å². The Bertz CT molecular complexity index is 334. The fraction of sp³-hybridized carbons (Fsp3) is 0.111. The topological polar surface area (TPSA) is 9.23 Å². The molecule has 0 bridgehead atoms. The van der Waals surface area contributed by atoms with Crippen molar-refractivity contribution in [2.24, 2.45) is 0 Å². The first kappa shape index (κ1) is 10.2. The van der Waals surface area contributed by atoms with Gasteiger partial charge in [0.2, 0.25) is 0 Å². The Hall–Kier alpha value is -0.910. The Kier molecular flexibility index (Phi) is 3.41. The second-order valence-corrected chi connectivity index (χ2v) is 3.01. The van der Waals surface area contributed by atoms with Crippen LogP contribution < -0.4 is 4.74 Å². The summed E-state index contributed by atoms with van der Waals surface area (Å²) in [5.74, 6) is 1.97. The lowest BCUT2D eigenvalue weighted by Gasteiger charge is -2.04. The summed E-state index contributed by atoms with van der Waals surface area (Å²) in [7, 11) is 0. The highest BCUT2D eigenvalue weighted by molar-refractivity contribution is 6.35. The Morgan fingerprint density at radius 3 is 2.38 bits per heavy atom. The lowest BCUT2D eigenvalue weighted by molar-refractivity contribution is 0.369. The molecule has 0 aliphatic carbocycles. The van der Waals surface area contributed by atoms with Crippen molar-refractivity contribution in [3.63, 3.8) is 0 Å². The molecule has 1 nitrogen and oxygen atoms in total. The molecule has 68 valence electrons. The molecule has 1 aromatic rings. The summed E-state index contributed by atoms with van der Waals surface area (Å²) in [5.41, 5.74) is 0. The van der Waals surface area contributed by atoms with Gasteiger partial charge in [-0.1, -0.05) is 29.1 Å². The SMILES string of the molecule is C#CCOc1cc(Cl)c(F)c(Cl)c1. The van der Waals surface area contributed by atoms with Crippen molar-refractivity contribution in [2.75, 3.05) is 6.61 Å². The zero-order valence-corrected chi connectivity index (χ0v) is 7.99. The van der Waals surface area contributed by atoms with Gasteiger partial charge in [0.25, 0.3) is 0 Å². The zero-order valence-electron chi connectivity index (χ0n) is 6.48. The van der Waals surface area contributed by atoms with E-state index in [-0.39, 0.29) is 16.7 Å². The van der Waals surface area contributed by atoms with E-state index in [2.05, 4.69) is 5.92 Å². The lowest BCUT2D eigenvalue weighted by Crippen LogP contribution is -1.94. The first-order valence-electron chi connectivity index (χ1n) is 3.36. The average Bonchev–Trinajstić information content (AvgIpc) is 2.10. The smallest absolute Gasteiger partial charge is 0.160 e. The van der Waals surface area contributed by atoms with Crippen LogP contribution in [0.4, 0.5) is 4.39 Å². The number of halogens is 3. The molecule has 0 saturated heterocycles. The minimum atomic E-state index is -0.656. The van der Waals surface area contributed by atoms with E-state index in [1.165, 1.54) is 12.1 Å². The molecule has 0 spiro atoms. The van der Waals surface area contributed by atoms with Gasteiger partial charge in [0.05, 0.1) is 10.0 Å². The predicted octanol–water partition coefficient (Wildman–Crippen LogP) is 3.14. The van der Waals surface area contributed by atoms with E-state index < -0.39 is 5.82 Å². The third-order valence-electron chi connectivity index (χ3n) is 1.28. The molecule has 1 rings (SSSR count). The zero-order chi connectivity index (χ0) is 9.84. The predicted molar refractivity (Wildman–Crippen MR) is 50.7 cm³/mol. The van der Waals surface area contributed by atoms with Gasteiger partial charge in [-0.05, 0) is 0 Å². The summed E-state index contributed by atoms with van der Waals surface area (Å²) in [6.07, 6.45) is 4.97. The van der Waals surface area contributed by atoms with Crippen molar-refractivity contribution in [1.82, 2.24) is 0 Å². The van der Waals surface area contributed by atoms with Gasteiger partial charge in [0, 0.05) is 12.1 Å². The third kappa shape index (κ3) is 2.51. The molecule has 4 heteroatoms. The Morgan fingerprint density at radius 2 is 1.92 bits per heavy atom. The quantitative estimate of drug-likeness (QED) is 0.548. The molecule has 0 unspecified atom stereocenters. The van der Waals surface area contributed by atoms with Crippen molar-refractivity contribution in [2.45, 2.75) is 0 Å². The van der Waals surface area contributed by atoms with E-state index in [0.717, 1.165) is 0 Å². The number of ether oxygens (including phenoxy) is 1.